The fraction of sp³-hybridized carbons (Fsp3) is 0. The second kappa shape index (κ2) is 6.40. The van der Waals surface area contributed by atoms with E-state index in [1.54, 1.807) is 36.4 Å². The van der Waals surface area contributed by atoms with Crippen LogP contribution in [0, 0.1) is 0 Å². The summed E-state index contributed by atoms with van der Waals surface area (Å²) >= 11 is 0. The number of carbonyl (C=O) groups excluding carboxylic acids is 1. The Morgan fingerprint density at radius 1 is 0.636 bits per heavy atom. The Kier molecular flexibility index (Phi) is 4.38. The highest BCUT2D eigenvalue weighted by Crippen LogP contribution is 2.20. The molecule has 0 saturated heterocycles. The SMILES string of the molecule is O=C(O)N(C(=O)N(C(=O)O)c1ccccc1)c1ccccc1. The van der Waals surface area contributed by atoms with E-state index in [1.165, 1.54) is 24.3 Å². The van der Waals surface area contributed by atoms with Gasteiger partial charge in [-0.2, -0.15) is 9.80 Å². The van der Waals surface area contributed by atoms with Crippen LogP contribution in [0.4, 0.5) is 25.8 Å². The molecule has 0 spiro atoms. The van der Waals surface area contributed by atoms with Gasteiger partial charge in [0, 0.05) is 0 Å². The summed E-state index contributed by atoms with van der Waals surface area (Å²) < 4.78 is 0. The van der Waals surface area contributed by atoms with Crippen LogP contribution in [-0.2, 0) is 0 Å². The predicted octanol–water partition coefficient (Wildman–Crippen LogP) is 3.48. The quantitative estimate of drug-likeness (QED) is 0.884. The minimum Gasteiger partial charge on any atom is -0.464 e. The van der Waals surface area contributed by atoms with Crippen LogP contribution < -0.4 is 9.80 Å². The number of benzene rings is 2. The van der Waals surface area contributed by atoms with Gasteiger partial charge < -0.3 is 10.2 Å². The third-order valence-corrected chi connectivity index (χ3v) is 2.79. The highest BCUT2D eigenvalue weighted by molar-refractivity contribution is 6.24. The number of urea groups is 1. The summed E-state index contributed by atoms with van der Waals surface area (Å²) in [7, 11) is 0. The van der Waals surface area contributed by atoms with Crippen molar-refractivity contribution in [3.05, 3.63) is 60.7 Å². The number of amides is 4. The van der Waals surface area contributed by atoms with Crippen LogP contribution in [0.1, 0.15) is 0 Å². The molecule has 0 aliphatic carbocycles. The van der Waals surface area contributed by atoms with Crippen molar-refractivity contribution in [2.75, 3.05) is 9.80 Å². The Balaban J connectivity index is 2.45. The topological polar surface area (TPSA) is 98.2 Å². The monoisotopic (exact) mass is 300 g/mol. The summed E-state index contributed by atoms with van der Waals surface area (Å²) in [5.41, 5.74) is 0.115. The maximum atomic E-state index is 12.4. The molecule has 0 fully saturated rings. The van der Waals surface area contributed by atoms with E-state index in [0.717, 1.165) is 0 Å². The van der Waals surface area contributed by atoms with Gasteiger partial charge in [-0.15, -0.1) is 0 Å². The normalized spacial score (nSPS) is 9.82. The molecule has 0 radical (unpaired) electrons. The van der Waals surface area contributed by atoms with Crippen molar-refractivity contribution < 1.29 is 24.6 Å². The van der Waals surface area contributed by atoms with E-state index >= 15 is 0 Å². The summed E-state index contributed by atoms with van der Waals surface area (Å²) in [4.78, 5) is 35.9. The standard InChI is InChI=1S/C15H12N2O5/c18-13(16(14(19)20)11-7-3-1-4-8-11)17(15(21)22)12-9-5-2-6-10-12/h1-10H,(H,19,20)(H,21,22). The summed E-state index contributed by atoms with van der Waals surface area (Å²) in [6.45, 7) is 0. The van der Waals surface area contributed by atoms with Gasteiger partial charge >= 0.3 is 18.2 Å². The zero-order valence-electron chi connectivity index (χ0n) is 11.3. The molecule has 0 heterocycles. The number of imide groups is 2. The molecule has 4 amide bonds. The fourth-order valence-corrected chi connectivity index (χ4v) is 1.86. The van der Waals surface area contributed by atoms with E-state index < -0.39 is 18.2 Å². The van der Waals surface area contributed by atoms with Gasteiger partial charge in [-0.3, -0.25) is 0 Å². The number of carboxylic acid groups (broad SMARTS) is 2. The molecule has 0 aromatic heterocycles. The third kappa shape index (κ3) is 3.04. The lowest BCUT2D eigenvalue weighted by atomic mass is 10.3. The first-order valence-electron chi connectivity index (χ1n) is 6.22. The zero-order valence-corrected chi connectivity index (χ0v) is 11.3. The van der Waals surface area contributed by atoms with E-state index in [2.05, 4.69) is 0 Å². The minimum absolute atomic E-state index is 0.0576. The summed E-state index contributed by atoms with van der Waals surface area (Å²) in [5, 5.41) is 18.5. The van der Waals surface area contributed by atoms with E-state index in [-0.39, 0.29) is 11.4 Å². The van der Waals surface area contributed by atoms with Gasteiger partial charge in [0.2, 0.25) is 0 Å². The van der Waals surface area contributed by atoms with Crippen molar-refractivity contribution in [2.45, 2.75) is 0 Å². The number of carbonyl (C=O) groups is 3. The van der Waals surface area contributed by atoms with Gasteiger partial charge in [-0.25, -0.2) is 14.4 Å². The van der Waals surface area contributed by atoms with Crippen LogP contribution in [0.5, 0.6) is 0 Å². The Hall–Kier alpha value is -3.35. The summed E-state index contributed by atoms with van der Waals surface area (Å²) in [5.74, 6) is 0. The molecule has 0 aliphatic rings. The van der Waals surface area contributed by atoms with E-state index in [1.807, 2.05) is 0 Å². The predicted molar refractivity (Wildman–Crippen MR) is 79.3 cm³/mol. The summed E-state index contributed by atoms with van der Waals surface area (Å²) in [6, 6.07) is 13.9. The third-order valence-electron chi connectivity index (χ3n) is 2.79. The Morgan fingerprint density at radius 2 is 0.955 bits per heavy atom. The number of para-hydroxylation sites is 2. The van der Waals surface area contributed by atoms with Gasteiger partial charge in [0.15, 0.2) is 0 Å². The van der Waals surface area contributed by atoms with Crippen LogP contribution in [0.15, 0.2) is 60.7 Å². The van der Waals surface area contributed by atoms with Gasteiger partial charge in [0.25, 0.3) is 0 Å². The van der Waals surface area contributed by atoms with Crippen LogP contribution in [0.2, 0.25) is 0 Å². The van der Waals surface area contributed by atoms with Gasteiger partial charge in [-0.05, 0) is 24.3 Å². The first-order valence-corrected chi connectivity index (χ1v) is 6.22. The van der Waals surface area contributed by atoms with Gasteiger partial charge in [0.05, 0.1) is 11.4 Å². The molecular formula is C15H12N2O5. The van der Waals surface area contributed by atoms with E-state index in [0.29, 0.717) is 9.80 Å². The minimum atomic E-state index is -1.57. The Bertz CT molecular complexity index is 628. The molecule has 112 valence electrons. The lowest BCUT2D eigenvalue weighted by Crippen LogP contribution is -2.48. The first-order chi connectivity index (χ1) is 10.5. The van der Waals surface area contributed by atoms with Crippen LogP contribution >= 0.6 is 0 Å². The molecular weight excluding hydrogens is 288 g/mol. The maximum absolute atomic E-state index is 12.4. The van der Waals surface area contributed by atoms with Crippen molar-refractivity contribution in [1.29, 1.82) is 0 Å². The van der Waals surface area contributed by atoms with E-state index in [9.17, 15) is 24.6 Å². The number of hydrogen-bond donors (Lipinski definition) is 2. The molecule has 0 aliphatic heterocycles. The highest BCUT2D eigenvalue weighted by Gasteiger charge is 2.32. The molecule has 7 heteroatoms. The molecule has 0 saturated carbocycles. The van der Waals surface area contributed by atoms with Crippen molar-refractivity contribution in [3.63, 3.8) is 0 Å². The Morgan fingerprint density at radius 3 is 1.23 bits per heavy atom. The number of nitrogens with zero attached hydrogens (tertiary/aromatic N) is 2. The van der Waals surface area contributed by atoms with Gasteiger partial charge in [0.1, 0.15) is 0 Å². The van der Waals surface area contributed by atoms with Crippen molar-refractivity contribution in [2.24, 2.45) is 0 Å². The van der Waals surface area contributed by atoms with Crippen LogP contribution in [-0.4, -0.2) is 28.4 Å². The molecule has 2 aromatic rings. The molecule has 7 nitrogen and oxygen atoms in total. The molecule has 0 atom stereocenters. The van der Waals surface area contributed by atoms with Gasteiger partial charge in [-0.1, -0.05) is 36.4 Å². The highest BCUT2D eigenvalue weighted by atomic mass is 16.4. The second-order valence-corrected chi connectivity index (χ2v) is 4.19. The van der Waals surface area contributed by atoms with Crippen molar-refractivity contribution in [1.82, 2.24) is 0 Å². The van der Waals surface area contributed by atoms with E-state index in [4.69, 9.17) is 0 Å². The number of rotatable bonds is 2. The molecule has 0 unspecified atom stereocenters. The van der Waals surface area contributed by atoms with Crippen molar-refractivity contribution >= 4 is 29.6 Å². The zero-order chi connectivity index (χ0) is 16.1. The second-order valence-electron chi connectivity index (χ2n) is 4.19. The molecule has 22 heavy (non-hydrogen) atoms. The lowest BCUT2D eigenvalue weighted by molar-refractivity contribution is 0.195. The average molecular weight is 300 g/mol. The lowest BCUT2D eigenvalue weighted by Gasteiger charge is -2.24. The summed E-state index contributed by atoms with van der Waals surface area (Å²) in [6.07, 6.45) is -3.14. The van der Waals surface area contributed by atoms with Crippen molar-refractivity contribution in [3.8, 4) is 0 Å². The average Bonchev–Trinajstić information content (AvgIpc) is 2.49. The Labute approximate surface area is 125 Å². The number of hydrogen-bond acceptors (Lipinski definition) is 3. The molecule has 2 rings (SSSR count). The smallest absolute Gasteiger partial charge is 0.420 e. The molecule has 2 aromatic carbocycles. The first kappa shape index (κ1) is 15.0. The number of anilines is 2. The maximum Gasteiger partial charge on any atom is 0.420 e. The molecule has 0 bridgehead atoms. The largest absolute Gasteiger partial charge is 0.464 e. The molecule has 2 N–H and O–H groups in total. The fourth-order valence-electron chi connectivity index (χ4n) is 1.86. The van der Waals surface area contributed by atoms with Crippen LogP contribution in [0.25, 0.3) is 0 Å². The van der Waals surface area contributed by atoms with Crippen LogP contribution in [0.3, 0.4) is 0 Å².